The Morgan fingerprint density at radius 2 is 2.06 bits per heavy atom. The number of para-hydroxylation sites is 2. The minimum atomic E-state index is -0.224. The molecule has 164 valence electrons. The highest BCUT2D eigenvalue weighted by Gasteiger charge is 2.26. The van der Waals surface area contributed by atoms with E-state index in [2.05, 4.69) is 17.5 Å². The molecule has 2 aromatic carbocycles. The lowest BCUT2D eigenvalue weighted by molar-refractivity contribution is -0.132. The summed E-state index contributed by atoms with van der Waals surface area (Å²) < 4.78 is 5.99. The molecule has 0 fully saturated rings. The first-order chi connectivity index (χ1) is 15.5. The van der Waals surface area contributed by atoms with E-state index in [9.17, 15) is 14.9 Å². The summed E-state index contributed by atoms with van der Waals surface area (Å²) in [6.07, 6.45) is 2.85. The monoisotopic (exact) mass is 430 g/mol. The van der Waals surface area contributed by atoms with Crippen molar-refractivity contribution >= 4 is 23.1 Å². The van der Waals surface area contributed by atoms with Crippen molar-refractivity contribution in [1.29, 1.82) is 5.26 Å². The van der Waals surface area contributed by atoms with Crippen molar-refractivity contribution in [1.82, 2.24) is 9.80 Å². The number of nitrogens with zero attached hydrogens (tertiary/aromatic N) is 3. The minimum Gasteiger partial charge on any atom is -0.486 e. The quantitative estimate of drug-likeness (QED) is 0.806. The largest absolute Gasteiger partial charge is 0.486 e. The van der Waals surface area contributed by atoms with E-state index in [4.69, 9.17) is 4.74 Å². The van der Waals surface area contributed by atoms with Gasteiger partial charge in [-0.1, -0.05) is 24.3 Å². The van der Waals surface area contributed by atoms with Crippen LogP contribution in [0.2, 0.25) is 0 Å². The number of hydrogen-bond acceptors (Lipinski definition) is 5. The van der Waals surface area contributed by atoms with Gasteiger partial charge in [-0.15, -0.1) is 0 Å². The normalized spacial score (nSPS) is 17.2. The third-order valence-corrected chi connectivity index (χ3v) is 5.75. The Morgan fingerprint density at radius 1 is 1.25 bits per heavy atom. The third kappa shape index (κ3) is 4.45. The molecule has 7 heteroatoms. The van der Waals surface area contributed by atoms with Gasteiger partial charge in [-0.05, 0) is 41.8 Å². The Labute approximate surface area is 187 Å². The molecule has 0 spiro atoms. The zero-order valence-corrected chi connectivity index (χ0v) is 18.3. The topological polar surface area (TPSA) is 85.7 Å². The van der Waals surface area contributed by atoms with Crippen LogP contribution in [0.3, 0.4) is 0 Å². The molecule has 7 nitrogen and oxygen atoms in total. The summed E-state index contributed by atoms with van der Waals surface area (Å²) in [4.78, 5) is 28.5. The average molecular weight is 431 g/mol. The summed E-state index contributed by atoms with van der Waals surface area (Å²) in [6, 6.07) is 15.1. The van der Waals surface area contributed by atoms with Gasteiger partial charge in [-0.2, -0.15) is 5.26 Å². The summed E-state index contributed by atoms with van der Waals surface area (Å²) >= 11 is 0. The smallest absolute Gasteiger partial charge is 0.253 e. The van der Waals surface area contributed by atoms with Gasteiger partial charge in [-0.3, -0.25) is 9.59 Å². The van der Waals surface area contributed by atoms with Crippen LogP contribution >= 0.6 is 0 Å². The van der Waals surface area contributed by atoms with Crippen molar-refractivity contribution in [2.45, 2.75) is 18.9 Å². The second-order valence-corrected chi connectivity index (χ2v) is 8.23. The van der Waals surface area contributed by atoms with Gasteiger partial charge in [0, 0.05) is 32.7 Å². The summed E-state index contributed by atoms with van der Waals surface area (Å²) in [7, 11) is 3.36. The highest BCUT2D eigenvalue weighted by Crippen LogP contribution is 2.30. The fraction of sp³-hybridized carbons (Fsp3) is 0.320. The Balaban J connectivity index is 1.44. The van der Waals surface area contributed by atoms with Crippen molar-refractivity contribution < 1.29 is 14.3 Å². The van der Waals surface area contributed by atoms with Crippen LogP contribution in [0.4, 0.5) is 5.69 Å². The molecule has 0 aliphatic carbocycles. The first-order valence-electron chi connectivity index (χ1n) is 10.7. The lowest BCUT2D eigenvalue weighted by atomic mass is 9.94. The van der Waals surface area contributed by atoms with Gasteiger partial charge in [0.25, 0.3) is 5.91 Å². The van der Waals surface area contributed by atoms with Crippen molar-refractivity contribution in [3.05, 3.63) is 65.2 Å². The fourth-order valence-corrected chi connectivity index (χ4v) is 4.06. The second-order valence-electron chi connectivity index (χ2n) is 8.23. The molecule has 1 atom stereocenters. The van der Waals surface area contributed by atoms with Crippen LogP contribution in [0, 0.1) is 11.3 Å². The maximum Gasteiger partial charge on any atom is 0.253 e. The highest BCUT2D eigenvalue weighted by atomic mass is 16.5. The standard InChI is InChI=1S/C25H26N4O3/c1-28(2)25(31)17-9-10-21(19(12-17)14-26)18-6-5-11-29(16-18)24(30)13-20-15-27-22-7-3-4-8-23(22)32-20/h3-4,6-10,12,20,27H,5,11,13,15-16H2,1-2H3. The summed E-state index contributed by atoms with van der Waals surface area (Å²) in [6.45, 7) is 1.66. The molecule has 0 bridgehead atoms. The van der Waals surface area contributed by atoms with Crippen molar-refractivity contribution in [3.8, 4) is 11.8 Å². The lowest BCUT2D eigenvalue weighted by Crippen LogP contribution is -2.41. The molecule has 2 aliphatic rings. The molecule has 2 heterocycles. The van der Waals surface area contributed by atoms with Gasteiger partial charge >= 0.3 is 0 Å². The van der Waals surface area contributed by atoms with E-state index in [-0.39, 0.29) is 24.3 Å². The zero-order valence-electron chi connectivity index (χ0n) is 18.3. The van der Waals surface area contributed by atoms with Gasteiger partial charge in [0.1, 0.15) is 11.9 Å². The fourth-order valence-electron chi connectivity index (χ4n) is 4.06. The third-order valence-electron chi connectivity index (χ3n) is 5.75. The van der Waals surface area contributed by atoms with Crippen LogP contribution in [0.5, 0.6) is 5.75 Å². The minimum absolute atomic E-state index is 0.0275. The molecule has 2 aliphatic heterocycles. The number of rotatable bonds is 4. The number of amides is 2. The van der Waals surface area contributed by atoms with E-state index in [1.54, 1.807) is 32.3 Å². The molecular weight excluding hydrogens is 404 g/mol. The van der Waals surface area contributed by atoms with Crippen LogP contribution in [-0.2, 0) is 4.79 Å². The molecule has 2 amide bonds. The second kappa shape index (κ2) is 9.15. The van der Waals surface area contributed by atoms with Crippen LogP contribution in [0.25, 0.3) is 5.57 Å². The number of carbonyl (C=O) groups is 2. The number of anilines is 1. The molecule has 0 radical (unpaired) electrons. The summed E-state index contributed by atoms with van der Waals surface area (Å²) in [5, 5.41) is 13.0. The molecule has 0 aromatic heterocycles. The lowest BCUT2D eigenvalue weighted by Gasteiger charge is -2.31. The molecule has 1 unspecified atom stereocenters. The molecule has 0 saturated heterocycles. The van der Waals surface area contributed by atoms with E-state index in [1.807, 2.05) is 29.2 Å². The maximum atomic E-state index is 13.0. The Kier molecular flexibility index (Phi) is 6.13. The predicted octanol–water partition coefficient (Wildman–Crippen LogP) is 3.14. The van der Waals surface area contributed by atoms with Crippen molar-refractivity contribution in [3.63, 3.8) is 0 Å². The molecule has 2 aromatic rings. The number of hydrogen-bond donors (Lipinski definition) is 1. The van der Waals surface area contributed by atoms with E-state index in [0.29, 0.717) is 30.8 Å². The summed E-state index contributed by atoms with van der Waals surface area (Å²) in [5.74, 6) is 0.645. The van der Waals surface area contributed by atoms with Crippen LogP contribution < -0.4 is 10.1 Å². The Bertz CT molecular complexity index is 1120. The first kappa shape index (κ1) is 21.4. The number of nitriles is 1. The van der Waals surface area contributed by atoms with Crippen molar-refractivity contribution in [2.75, 3.05) is 39.0 Å². The van der Waals surface area contributed by atoms with Gasteiger partial charge in [-0.25, -0.2) is 0 Å². The molecule has 32 heavy (non-hydrogen) atoms. The van der Waals surface area contributed by atoms with Gasteiger partial charge in [0.2, 0.25) is 5.91 Å². The Morgan fingerprint density at radius 3 is 2.84 bits per heavy atom. The average Bonchev–Trinajstić information content (AvgIpc) is 2.83. The van der Waals surface area contributed by atoms with E-state index < -0.39 is 0 Å². The molecular formula is C25H26N4O3. The Hall–Kier alpha value is -3.79. The van der Waals surface area contributed by atoms with Gasteiger partial charge < -0.3 is 19.9 Å². The van der Waals surface area contributed by atoms with Crippen LogP contribution in [0.1, 0.15) is 34.3 Å². The summed E-state index contributed by atoms with van der Waals surface area (Å²) in [5.41, 5.74) is 3.55. The van der Waals surface area contributed by atoms with E-state index >= 15 is 0 Å². The number of nitrogens with one attached hydrogen (secondary N) is 1. The van der Waals surface area contributed by atoms with E-state index in [1.165, 1.54) is 4.90 Å². The van der Waals surface area contributed by atoms with Crippen molar-refractivity contribution in [2.24, 2.45) is 0 Å². The van der Waals surface area contributed by atoms with Gasteiger partial charge in [0.05, 0.1) is 30.3 Å². The molecule has 4 rings (SSSR count). The molecule has 0 saturated carbocycles. The molecule has 1 N–H and O–H groups in total. The number of ether oxygens (including phenoxy) is 1. The first-order valence-corrected chi connectivity index (χ1v) is 10.7. The van der Waals surface area contributed by atoms with Crippen LogP contribution in [-0.4, -0.2) is 61.4 Å². The zero-order chi connectivity index (χ0) is 22.7. The van der Waals surface area contributed by atoms with Gasteiger partial charge in [0.15, 0.2) is 0 Å². The highest BCUT2D eigenvalue weighted by molar-refractivity contribution is 5.95. The maximum absolute atomic E-state index is 13.0. The number of carbonyl (C=O) groups excluding carboxylic acids is 2. The predicted molar refractivity (Wildman–Crippen MR) is 122 cm³/mol. The number of benzene rings is 2. The SMILES string of the molecule is CN(C)C(=O)c1ccc(C2=CCCN(C(=O)CC3CNc4ccccc4O3)C2)c(C#N)c1. The van der Waals surface area contributed by atoms with Crippen LogP contribution in [0.15, 0.2) is 48.5 Å². The van der Waals surface area contributed by atoms with E-state index in [0.717, 1.165) is 29.0 Å². The number of fused-ring (bicyclic) bond motifs is 1.